The largest absolute Gasteiger partial charge is 0.393 e. The van der Waals surface area contributed by atoms with Crippen molar-refractivity contribution in [1.82, 2.24) is 9.97 Å². The zero-order valence-corrected chi connectivity index (χ0v) is 8.76. The van der Waals surface area contributed by atoms with Gasteiger partial charge in [-0.15, -0.1) is 0 Å². The van der Waals surface area contributed by atoms with Crippen LogP contribution in [0.4, 0.5) is 5.95 Å². The number of aliphatic hydroxyl groups is 1. The van der Waals surface area contributed by atoms with Crippen molar-refractivity contribution in [1.29, 1.82) is 0 Å². The van der Waals surface area contributed by atoms with Crippen LogP contribution in [0.1, 0.15) is 29.6 Å². The van der Waals surface area contributed by atoms with Gasteiger partial charge in [0.25, 0.3) is 5.91 Å². The number of nitrogens with zero attached hydrogens (tertiary/aromatic N) is 2. The Bertz CT molecular complexity index is 379. The van der Waals surface area contributed by atoms with Crippen LogP contribution in [0, 0.1) is 0 Å². The van der Waals surface area contributed by atoms with Crippen LogP contribution in [0.25, 0.3) is 0 Å². The average Bonchev–Trinajstić information content (AvgIpc) is 2.65. The fraction of sp³-hybridized carbons (Fsp3) is 0.500. The highest BCUT2D eigenvalue weighted by atomic mass is 16.3. The molecule has 1 aliphatic carbocycles. The Hall–Kier alpha value is -1.69. The van der Waals surface area contributed by atoms with E-state index in [1.54, 1.807) is 0 Å². The van der Waals surface area contributed by atoms with Gasteiger partial charge in [-0.1, -0.05) is 0 Å². The molecule has 1 aromatic rings. The lowest BCUT2D eigenvalue weighted by atomic mass is 10.2. The van der Waals surface area contributed by atoms with Crippen molar-refractivity contribution >= 4 is 11.9 Å². The molecular formula is C10H14N4O2. The highest BCUT2D eigenvalue weighted by Gasteiger charge is 2.23. The summed E-state index contributed by atoms with van der Waals surface area (Å²) in [5.74, 6) is -0.0769. The molecule has 1 saturated carbocycles. The summed E-state index contributed by atoms with van der Waals surface area (Å²) >= 11 is 0. The molecule has 1 fully saturated rings. The number of hydrogen-bond acceptors (Lipinski definition) is 5. The summed E-state index contributed by atoms with van der Waals surface area (Å²) in [4.78, 5) is 18.8. The van der Waals surface area contributed by atoms with Crippen molar-refractivity contribution in [2.75, 3.05) is 5.32 Å². The number of amides is 1. The molecule has 2 atom stereocenters. The van der Waals surface area contributed by atoms with E-state index in [1.165, 1.54) is 12.4 Å². The number of nitrogens with two attached hydrogens (primary N) is 1. The third-order valence-corrected chi connectivity index (χ3v) is 2.67. The van der Waals surface area contributed by atoms with E-state index in [9.17, 15) is 9.90 Å². The van der Waals surface area contributed by atoms with Gasteiger partial charge in [-0.25, -0.2) is 9.97 Å². The summed E-state index contributed by atoms with van der Waals surface area (Å²) in [6.07, 6.45) is 4.97. The highest BCUT2D eigenvalue weighted by molar-refractivity contribution is 5.92. The summed E-state index contributed by atoms with van der Waals surface area (Å²) in [6, 6.07) is 0.203. The predicted octanol–water partition coefficient (Wildman–Crippen LogP) is -0.0992. The molecule has 86 valence electrons. The minimum Gasteiger partial charge on any atom is -0.393 e. The maximum absolute atomic E-state index is 10.8. The zero-order chi connectivity index (χ0) is 11.5. The topological polar surface area (TPSA) is 101 Å². The fourth-order valence-corrected chi connectivity index (χ4v) is 1.80. The van der Waals surface area contributed by atoms with Crippen molar-refractivity contribution < 1.29 is 9.90 Å². The molecule has 0 radical (unpaired) electrons. The third-order valence-electron chi connectivity index (χ3n) is 2.67. The van der Waals surface area contributed by atoms with Gasteiger partial charge in [0.05, 0.1) is 11.7 Å². The standard InChI is InChI=1S/C10H14N4O2/c11-9(16)6-4-12-10(13-5-6)14-7-1-2-8(15)3-7/h4-5,7-8,15H,1-3H2,(H2,11,16)(H,12,13,14)/t7-,8+/m1/s1. The molecule has 0 bridgehead atoms. The van der Waals surface area contributed by atoms with Crippen LogP contribution in [-0.2, 0) is 0 Å². The molecule has 0 aromatic carbocycles. The summed E-state index contributed by atoms with van der Waals surface area (Å²) in [7, 11) is 0. The van der Waals surface area contributed by atoms with Gasteiger partial charge < -0.3 is 16.2 Å². The maximum atomic E-state index is 10.8. The molecule has 0 spiro atoms. The number of carbonyl (C=O) groups is 1. The molecule has 4 N–H and O–H groups in total. The number of primary amides is 1. The zero-order valence-electron chi connectivity index (χ0n) is 8.76. The summed E-state index contributed by atoms with van der Waals surface area (Å²) < 4.78 is 0. The molecule has 1 aromatic heterocycles. The average molecular weight is 222 g/mol. The van der Waals surface area contributed by atoms with E-state index in [2.05, 4.69) is 15.3 Å². The van der Waals surface area contributed by atoms with Crippen LogP contribution < -0.4 is 11.1 Å². The molecule has 6 heteroatoms. The molecule has 6 nitrogen and oxygen atoms in total. The first-order valence-electron chi connectivity index (χ1n) is 5.21. The molecule has 2 rings (SSSR count). The van der Waals surface area contributed by atoms with Crippen LogP contribution in [-0.4, -0.2) is 33.1 Å². The Labute approximate surface area is 92.9 Å². The molecule has 0 aliphatic heterocycles. The van der Waals surface area contributed by atoms with Crippen molar-refractivity contribution in [3.05, 3.63) is 18.0 Å². The second kappa shape index (κ2) is 4.44. The van der Waals surface area contributed by atoms with Crippen LogP contribution in [0.5, 0.6) is 0 Å². The monoisotopic (exact) mass is 222 g/mol. The molecule has 0 saturated heterocycles. The molecule has 1 aliphatic rings. The van der Waals surface area contributed by atoms with Crippen LogP contribution in [0.2, 0.25) is 0 Å². The molecule has 0 unspecified atom stereocenters. The Morgan fingerprint density at radius 1 is 1.44 bits per heavy atom. The normalized spacial score (nSPS) is 24.3. The Balaban J connectivity index is 1.97. The van der Waals surface area contributed by atoms with Crippen molar-refractivity contribution in [3.63, 3.8) is 0 Å². The highest BCUT2D eigenvalue weighted by Crippen LogP contribution is 2.21. The van der Waals surface area contributed by atoms with E-state index >= 15 is 0 Å². The van der Waals surface area contributed by atoms with Crippen molar-refractivity contribution in [3.8, 4) is 0 Å². The first kappa shape index (κ1) is 10.8. The molecular weight excluding hydrogens is 208 g/mol. The summed E-state index contributed by atoms with van der Waals surface area (Å²) in [5.41, 5.74) is 5.36. The van der Waals surface area contributed by atoms with Gasteiger partial charge in [0.1, 0.15) is 0 Å². The van der Waals surface area contributed by atoms with E-state index in [-0.39, 0.29) is 17.7 Å². The van der Waals surface area contributed by atoms with Crippen LogP contribution in [0.3, 0.4) is 0 Å². The Kier molecular flexibility index (Phi) is 3.00. The van der Waals surface area contributed by atoms with Gasteiger partial charge in [-0.2, -0.15) is 0 Å². The van der Waals surface area contributed by atoms with Gasteiger partial charge in [-0.3, -0.25) is 4.79 Å². The summed E-state index contributed by atoms with van der Waals surface area (Å²) in [6.45, 7) is 0. The van der Waals surface area contributed by atoms with Crippen LogP contribution in [0.15, 0.2) is 12.4 Å². The second-order valence-electron chi connectivity index (χ2n) is 3.97. The predicted molar refractivity (Wildman–Crippen MR) is 57.8 cm³/mol. The first-order valence-corrected chi connectivity index (χ1v) is 5.21. The Morgan fingerprint density at radius 3 is 2.62 bits per heavy atom. The number of aromatic nitrogens is 2. The number of anilines is 1. The fourth-order valence-electron chi connectivity index (χ4n) is 1.80. The van der Waals surface area contributed by atoms with Crippen molar-refractivity contribution in [2.45, 2.75) is 31.4 Å². The van der Waals surface area contributed by atoms with Gasteiger partial charge >= 0.3 is 0 Å². The van der Waals surface area contributed by atoms with E-state index < -0.39 is 5.91 Å². The van der Waals surface area contributed by atoms with Gasteiger partial charge in [0.15, 0.2) is 0 Å². The lowest BCUT2D eigenvalue weighted by Gasteiger charge is -2.11. The smallest absolute Gasteiger partial charge is 0.251 e. The number of hydrogen-bond donors (Lipinski definition) is 3. The third kappa shape index (κ3) is 2.46. The van der Waals surface area contributed by atoms with E-state index in [4.69, 9.17) is 5.73 Å². The number of aliphatic hydroxyl groups excluding tert-OH is 1. The summed E-state index contributed by atoms with van der Waals surface area (Å²) in [5, 5.41) is 12.5. The molecule has 1 heterocycles. The van der Waals surface area contributed by atoms with E-state index in [1.807, 2.05) is 0 Å². The van der Waals surface area contributed by atoms with Gasteiger partial charge in [-0.05, 0) is 19.3 Å². The number of rotatable bonds is 3. The lowest BCUT2D eigenvalue weighted by Crippen LogP contribution is -2.19. The first-order chi connectivity index (χ1) is 7.65. The van der Waals surface area contributed by atoms with Crippen molar-refractivity contribution in [2.24, 2.45) is 5.73 Å². The SMILES string of the molecule is NC(=O)c1cnc(N[C@@H]2CC[C@H](O)C2)nc1. The minimum absolute atomic E-state index is 0.203. The Morgan fingerprint density at radius 2 is 2.12 bits per heavy atom. The number of nitrogens with one attached hydrogen (secondary N) is 1. The second-order valence-corrected chi connectivity index (χ2v) is 3.97. The van der Waals surface area contributed by atoms with Gasteiger partial charge in [0, 0.05) is 18.4 Å². The van der Waals surface area contributed by atoms with E-state index in [0.717, 1.165) is 12.8 Å². The molecule has 16 heavy (non-hydrogen) atoms. The maximum Gasteiger partial charge on any atom is 0.251 e. The van der Waals surface area contributed by atoms with Gasteiger partial charge in [0.2, 0.25) is 5.95 Å². The van der Waals surface area contributed by atoms with Crippen LogP contribution >= 0.6 is 0 Å². The minimum atomic E-state index is -0.539. The van der Waals surface area contributed by atoms with E-state index in [0.29, 0.717) is 12.4 Å². The molecule has 1 amide bonds. The lowest BCUT2D eigenvalue weighted by molar-refractivity contribution is 0.0999. The number of carbonyl (C=O) groups excluding carboxylic acids is 1. The quantitative estimate of drug-likeness (QED) is 0.663.